The monoisotopic (exact) mass is 341 g/mol. The average Bonchev–Trinajstić information content (AvgIpc) is 3.01. The molecule has 2 aromatic carbocycles. The minimum atomic E-state index is -0.748. The van der Waals surface area contributed by atoms with Crippen molar-refractivity contribution in [1.82, 2.24) is 24.7 Å². The van der Waals surface area contributed by atoms with Gasteiger partial charge >= 0.3 is 11.7 Å². The van der Waals surface area contributed by atoms with Crippen molar-refractivity contribution in [1.29, 1.82) is 0 Å². The predicted octanol–water partition coefficient (Wildman–Crippen LogP) is 1.71. The van der Waals surface area contributed by atoms with Gasteiger partial charge in [0.1, 0.15) is 5.82 Å². The lowest BCUT2D eigenvalue weighted by atomic mass is 10.1. The number of likely N-dealkylation sites (N-methyl/N-ethyl adjacent to an activating group) is 1. The summed E-state index contributed by atoms with van der Waals surface area (Å²) in [7, 11) is 1.58. The highest BCUT2D eigenvalue weighted by Crippen LogP contribution is 2.06. The van der Waals surface area contributed by atoms with Gasteiger partial charge < -0.3 is 4.90 Å². The summed E-state index contributed by atoms with van der Waals surface area (Å²) in [5.74, 6) is -0.509. The number of hydrogen-bond donors (Lipinski definition) is 0. The molecule has 1 aromatic heterocycles. The van der Waals surface area contributed by atoms with Crippen LogP contribution in [0.4, 0.5) is 9.18 Å². The molecule has 3 rings (SSSR count). The molecule has 0 N–H and O–H groups in total. The Hall–Kier alpha value is -3.29. The van der Waals surface area contributed by atoms with Crippen LogP contribution in [0.5, 0.6) is 0 Å². The molecule has 0 atom stereocenters. The maximum atomic E-state index is 13.3. The summed E-state index contributed by atoms with van der Waals surface area (Å²) in [5.41, 5.74) is 0.538. The molecule has 0 aliphatic heterocycles. The first-order chi connectivity index (χ1) is 12.1. The van der Waals surface area contributed by atoms with Gasteiger partial charge in [0.25, 0.3) is 0 Å². The Morgan fingerprint density at radius 3 is 2.60 bits per heavy atom. The Bertz CT molecular complexity index is 935. The molecule has 8 heteroatoms. The number of carbonyl (C=O) groups is 1. The van der Waals surface area contributed by atoms with Crippen molar-refractivity contribution in [3.8, 4) is 5.69 Å². The largest absolute Gasteiger partial charge is 0.377 e. The third kappa shape index (κ3) is 3.63. The second-order valence-corrected chi connectivity index (χ2v) is 5.50. The number of nitrogens with zero attached hydrogens (tertiary/aromatic N) is 5. The molecule has 0 unspecified atom stereocenters. The Morgan fingerprint density at radius 1 is 1.12 bits per heavy atom. The van der Waals surface area contributed by atoms with E-state index in [-0.39, 0.29) is 5.69 Å². The highest BCUT2D eigenvalue weighted by molar-refractivity contribution is 5.75. The molecule has 0 fully saturated rings. The fraction of sp³-hybridized carbons (Fsp3) is 0.176. The molecule has 0 spiro atoms. The van der Waals surface area contributed by atoms with Crippen LogP contribution in [0.1, 0.15) is 5.56 Å². The van der Waals surface area contributed by atoms with E-state index in [0.29, 0.717) is 17.6 Å². The molecule has 0 saturated heterocycles. The van der Waals surface area contributed by atoms with E-state index in [1.54, 1.807) is 7.05 Å². The summed E-state index contributed by atoms with van der Waals surface area (Å²) >= 11 is 0. The third-order valence-corrected chi connectivity index (χ3v) is 3.72. The smallest absolute Gasteiger partial charge is 0.325 e. The van der Waals surface area contributed by atoms with Gasteiger partial charge in [0.05, 0.1) is 5.69 Å². The lowest BCUT2D eigenvalue weighted by Crippen LogP contribution is -2.39. The maximum Gasteiger partial charge on any atom is 0.377 e. The zero-order valence-corrected chi connectivity index (χ0v) is 13.5. The number of aromatic nitrogens is 4. The van der Waals surface area contributed by atoms with Crippen LogP contribution in [-0.2, 0) is 6.42 Å². The van der Waals surface area contributed by atoms with Gasteiger partial charge in [0, 0.05) is 13.6 Å². The van der Waals surface area contributed by atoms with Crippen LogP contribution in [0.3, 0.4) is 0 Å². The predicted molar refractivity (Wildman–Crippen MR) is 89.1 cm³/mol. The van der Waals surface area contributed by atoms with Crippen LogP contribution < -0.4 is 5.69 Å². The summed E-state index contributed by atoms with van der Waals surface area (Å²) in [5, 5.41) is 7.25. The number of tetrazole rings is 1. The van der Waals surface area contributed by atoms with E-state index in [1.807, 2.05) is 30.3 Å². The maximum absolute atomic E-state index is 13.3. The van der Waals surface area contributed by atoms with Crippen LogP contribution >= 0.6 is 0 Å². The van der Waals surface area contributed by atoms with E-state index in [4.69, 9.17) is 0 Å². The Morgan fingerprint density at radius 2 is 1.88 bits per heavy atom. The van der Waals surface area contributed by atoms with Crippen molar-refractivity contribution in [3.63, 3.8) is 0 Å². The molecular formula is C17H16FN5O2. The fourth-order valence-electron chi connectivity index (χ4n) is 2.34. The van der Waals surface area contributed by atoms with Gasteiger partial charge in [-0.1, -0.05) is 36.4 Å². The molecule has 0 saturated carbocycles. The first kappa shape index (κ1) is 16.6. The van der Waals surface area contributed by atoms with Gasteiger partial charge in [0.2, 0.25) is 0 Å². The van der Waals surface area contributed by atoms with E-state index in [2.05, 4.69) is 10.4 Å². The Labute approximate surface area is 142 Å². The molecule has 7 nitrogen and oxygen atoms in total. The van der Waals surface area contributed by atoms with Gasteiger partial charge in [0.15, 0.2) is 0 Å². The van der Waals surface area contributed by atoms with Gasteiger partial charge in [-0.05, 0) is 40.6 Å². The van der Waals surface area contributed by atoms with Gasteiger partial charge in [-0.15, -0.1) is 4.68 Å². The van der Waals surface area contributed by atoms with E-state index >= 15 is 0 Å². The van der Waals surface area contributed by atoms with E-state index in [0.717, 1.165) is 16.3 Å². The number of carbonyl (C=O) groups excluding carboxylic acids is 1. The van der Waals surface area contributed by atoms with Crippen LogP contribution in [0.15, 0.2) is 59.4 Å². The van der Waals surface area contributed by atoms with Gasteiger partial charge in [-0.25, -0.2) is 14.0 Å². The SMILES string of the molecule is CN(CCc1ccccc1)C(=O)n1nnn(-c2cccc(F)c2)c1=O. The molecule has 25 heavy (non-hydrogen) atoms. The highest BCUT2D eigenvalue weighted by Gasteiger charge is 2.19. The van der Waals surface area contributed by atoms with Crippen LogP contribution in [0.25, 0.3) is 5.69 Å². The number of rotatable bonds is 4. The number of halogens is 1. The molecule has 3 aromatic rings. The standard InChI is InChI=1S/C17H16FN5O2/c1-21(11-10-13-6-3-2-4-7-13)16(24)23-17(25)22(19-20-23)15-9-5-8-14(18)12-15/h2-9,12H,10-11H2,1H3. The lowest BCUT2D eigenvalue weighted by Gasteiger charge is -2.15. The first-order valence-electron chi connectivity index (χ1n) is 7.66. The zero-order valence-electron chi connectivity index (χ0n) is 13.5. The van der Waals surface area contributed by atoms with Crippen molar-refractivity contribution in [2.45, 2.75) is 6.42 Å². The third-order valence-electron chi connectivity index (χ3n) is 3.72. The topological polar surface area (TPSA) is 73.0 Å². The van der Waals surface area contributed by atoms with Crippen molar-refractivity contribution in [2.24, 2.45) is 0 Å². The molecule has 128 valence electrons. The highest BCUT2D eigenvalue weighted by atomic mass is 19.1. The zero-order chi connectivity index (χ0) is 17.8. The second-order valence-electron chi connectivity index (χ2n) is 5.50. The van der Waals surface area contributed by atoms with Crippen LogP contribution in [-0.4, -0.2) is 44.3 Å². The second kappa shape index (κ2) is 7.08. The van der Waals surface area contributed by atoms with Crippen LogP contribution in [0, 0.1) is 5.82 Å². The van der Waals surface area contributed by atoms with Crippen molar-refractivity contribution >= 4 is 6.03 Å². The molecule has 1 amide bonds. The lowest BCUT2D eigenvalue weighted by molar-refractivity contribution is 0.206. The minimum Gasteiger partial charge on any atom is -0.325 e. The average molecular weight is 341 g/mol. The Kier molecular flexibility index (Phi) is 4.69. The molecule has 0 radical (unpaired) electrons. The van der Waals surface area contributed by atoms with Crippen molar-refractivity contribution in [2.75, 3.05) is 13.6 Å². The normalized spacial score (nSPS) is 10.6. The van der Waals surface area contributed by atoms with Crippen LogP contribution in [0.2, 0.25) is 0 Å². The van der Waals surface area contributed by atoms with Gasteiger partial charge in [-0.3, -0.25) is 0 Å². The van der Waals surface area contributed by atoms with E-state index < -0.39 is 17.5 Å². The summed E-state index contributed by atoms with van der Waals surface area (Å²) in [6.45, 7) is 0.419. The Balaban J connectivity index is 1.75. The summed E-state index contributed by atoms with van der Waals surface area (Å²) in [4.78, 5) is 26.1. The molecule has 1 heterocycles. The van der Waals surface area contributed by atoms with E-state index in [9.17, 15) is 14.0 Å². The molecule has 0 bridgehead atoms. The fourth-order valence-corrected chi connectivity index (χ4v) is 2.34. The summed E-state index contributed by atoms with van der Waals surface area (Å²) in [6.07, 6.45) is 0.649. The van der Waals surface area contributed by atoms with Gasteiger partial charge in [-0.2, -0.15) is 4.68 Å². The molecule has 0 aliphatic carbocycles. The summed E-state index contributed by atoms with van der Waals surface area (Å²) < 4.78 is 14.8. The number of benzene rings is 2. The summed E-state index contributed by atoms with van der Waals surface area (Å²) in [6, 6.07) is 14.4. The van der Waals surface area contributed by atoms with E-state index in [1.165, 1.54) is 23.1 Å². The van der Waals surface area contributed by atoms with Crippen molar-refractivity contribution < 1.29 is 9.18 Å². The first-order valence-corrected chi connectivity index (χ1v) is 7.66. The molecular weight excluding hydrogens is 325 g/mol. The quantitative estimate of drug-likeness (QED) is 0.677. The number of amides is 1. The molecule has 0 aliphatic rings. The number of hydrogen-bond acceptors (Lipinski definition) is 4. The minimum absolute atomic E-state index is 0.205. The van der Waals surface area contributed by atoms with Crippen molar-refractivity contribution in [3.05, 3.63) is 76.5 Å².